The highest BCUT2D eigenvalue weighted by Crippen LogP contribution is 2.25. The molecule has 1 aliphatic heterocycles. The van der Waals surface area contributed by atoms with Gasteiger partial charge < -0.3 is 14.7 Å². The Bertz CT molecular complexity index is 546. The van der Waals surface area contributed by atoms with E-state index in [1.165, 1.54) is 12.1 Å². The maximum absolute atomic E-state index is 13.3. The molecule has 5 heteroatoms. The fourth-order valence-corrected chi connectivity index (χ4v) is 2.81. The molecule has 128 valence electrons. The number of piperidine rings is 1. The zero-order valence-electron chi connectivity index (χ0n) is 14.1. The first-order valence-electron chi connectivity index (χ1n) is 8.20. The van der Waals surface area contributed by atoms with Gasteiger partial charge in [-0.25, -0.2) is 9.18 Å². The van der Waals surface area contributed by atoms with Gasteiger partial charge in [0.15, 0.2) is 11.6 Å². The Balaban J connectivity index is 1.76. The Labute approximate surface area is 137 Å². The second-order valence-corrected chi connectivity index (χ2v) is 7.24. The summed E-state index contributed by atoms with van der Waals surface area (Å²) in [6, 6.07) is 4.55. The fourth-order valence-electron chi connectivity index (χ4n) is 2.81. The third-order valence-corrected chi connectivity index (χ3v) is 4.12. The molecule has 0 radical (unpaired) electrons. The van der Waals surface area contributed by atoms with Crippen LogP contribution in [0.1, 0.15) is 45.6 Å². The van der Waals surface area contributed by atoms with Crippen molar-refractivity contribution in [3.05, 3.63) is 29.6 Å². The molecule has 0 bridgehead atoms. The number of aryl methyl sites for hydroxylation is 1. The van der Waals surface area contributed by atoms with Crippen molar-refractivity contribution in [1.29, 1.82) is 0 Å². The highest BCUT2D eigenvalue weighted by atomic mass is 19.1. The summed E-state index contributed by atoms with van der Waals surface area (Å²) in [5.74, 6) is -0.341. The van der Waals surface area contributed by atoms with Crippen LogP contribution in [-0.2, 0) is 11.2 Å². The van der Waals surface area contributed by atoms with Crippen LogP contribution in [0.4, 0.5) is 9.18 Å². The zero-order chi connectivity index (χ0) is 17.0. The van der Waals surface area contributed by atoms with Crippen molar-refractivity contribution in [3.8, 4) is 5.75 Å². The highest BCUT2D eigenvalue weighted by Gasteiger charge is 2.26. The molecule has 1 N–H and O–H groups in total. The lowest BCUT2D eigenvalue weighted by Gasteiger charge is -2.33. The molecule has 0 aromatic heterocycles. The molecule has 1 aromatic rings. The number of amides is 1. The Morgan fingerprint density at radius 3 is 2.57 bits per heavy atom. The first-order chi connectivity index (χ1) is 10.7. The monoisotopic (exact) mass is 323 g/mol. The largest absolute Gasteiger partial charge is 0.505 e. The molecule has 2 rings (SSSR count). The summed E-state index contributed by atoms with van der Waals surface area (Å²) < 4.78 is 18.7. The van der Waals surface area contributed by atoms with E-state index in [4.69, 9.17) is 4.74 Å². The molecular weight excluding hydrogens is 297 g/mol. The molecule has 1 aliphatic rings. The van der Waals surface area contributed by atoms with Gasteiger partial charge in [-0.05, 0) is 70.1 Å². The number of hydrogen-bond donors (Lipinski definition) is 1. The van der Waals surface area contributed by atoms with Gasteiger partial charge in [0.2, 0.25) is 0 Å². The van der Waals surface area contributed by atoms with E-state index >= 15 is 0 Å². The third-order valence-electron chi connectivity index (χ3n) is 4.12. The quantitative estimate of drug-likeness (QED) is 0.910. The van der Waals surface area contributed by atoms with Crippen LogP contribution < -0.4 is 0 Å². The summed E-state index contributed by atoms with van der Waals surface area (Å²) in [6.45, 7) is 7.03. The molecule has 1 heterocycles. The van der Waals surface area contributed by atoms with E-state index in [2.05, 4.69) is 0 Å². The lowest BCUT2D eigenvalue weighted by Crippen LogP contribution is -2.41. The average Bonchev–Trinajstić information content (AvgIpc) is 2.47. The normalized spacial score (nSPS) is 16.4. The van der Waals surface area contributed by atoms with Crippen LogP contribution in [0.2, 0.25) is 0 Å². The van der Waals surface area contributed by atoms with E-state index in [0.29, 0.717) is 19.0 Å². The van der Waals surface area contributed by atoms with Gasteiger partial charge in [0.1, 0.15) is 5.60 Å². The van der Waals surface area contributed by atoms with Crippen LogP contribution in [-0.4, -0.2) is 34.8 Å². The van der Waals surface area contributed by atoms with Crippen LogP contribution >= 0.6 is 0 Å². The average molecular weight is 323 g/mol. The van der Waals surface area contributed by atoms with Gasteiger partial charge in [-0.3, -0.25) is 0 Å². The minimum Gasteiger partial charge on any atom is -0.505 e. The van der Waals surface area contributed by atoms with Crippen molar-refractivity contribution in [3.63, 3.8) is 0 Å². The topological polar surface area (TPSA) is 49.8 Å². The Hall–Kier alpha value is -1.78. The van der Waals surface area contributed by atoms with Crippen molar-refractivity contribution in [2.75, 3.05) is 13.1 Å². The standard InChI is InChI=1S/C18H26FNO3/c1-18(2,3)23-17(22)20-10-8-13(9-11-20)4-5-14-6-7-16(21)15(19)12-14/h6-7,12-13,21H,4-5,8-11H2,1-3H3. The molecule has 4 nitrogen and oxygen atoms in total. The molecule has 0 atom stereocenters. The zero-order valence-corrected chi connectivity index (χ0v) is 14.1. The number of aromatic hydroxyl groups is 1. The van der Waals surface area contributed by atoms with Gasteiger partial charge in [0, 0.05) is 13.1 Å². The van der Waals surface area contributed by atoms with Gasteiger partial charge in [0.25, 0.3) is 0 Å². The smallest absolute Gasteiger partial charge is 0.410 e. The Morgan fingerprint density at radius 2 is 2.00 bits per heavy atom. The number of rotatable bonds is 3. The van der Waals surface area contributed by atoms with Gasteiger partial charge in [-0.2, -0.15) is 0 Å². The predicted molar refractivity (Wildman–Crippen MR) is 86.9 cm³/mol. The molecule has 0 unspecified atom stereocenters. The van der Waals surface area contributed by atoms with Crippen molar-refractivity contribution >= 4 is 6.09 Å². The molecule has 1 saturated heterocycles. The third kappa shape index (κ3) is 5.41. The molecular formula is C18H26FNO3. The number of phenolic OH excluding ortho intramolecular Hbond substituents is 1. The molecule has 1 aromatic carbocycles. The van der Waals surface area contributed by atoms with Crippen LogP contribution in [0.3, 0.4) is 0 Å². The van der Waals surface area contributed by atoms with Crippen LogP contribution in [0.25, 0.3) is 0 Å². The number of carbonyl (C=O) groups excluding carboxylic acids is 1. The maximum atomic E-state index is 13.3. The second-order valence-electron chi connectivity index (χ2n) is 7.24. The van der Waals surface area contributed by atoms with Crippen molar-refractivity contribution in [2.24, 2.45) is 5.92 Å². The molecule has 23 heavy (non-hydrogen) atoms. The summed E-state index contributed by atoms with van der Waals surface area (Å²) in [7, 11) is 0. The summed E-state index contributed by atoms with van der Waals surface area (Å²) >= 11 is 0. The predicted octanol–water partition coefficient (Wildman–Crippen LogP) is 4.11. The number of halogens is 1. The Morgan fingerprint density at radius 1 is 1.35 bits per heavy atom. The summed E-state index contributed by atoms with van der Waals surface area (Å²) in [5.41, 5.74) is 0.437. The summed E-state index contributed by atoms with van der Waals surface area (Å²) in [4.78, 5) is 13.8. The number of hydrogen-bond acceptors (Lipinski definition) is 3. The maximum Gasteiger partial charge on any atom is 0.410 e. The van der Waals surface area contributed by atoms with E-state index in [-0.39, 0.29) is 11.8 Å². The molecule has 1 fully saturated rings. The van der Waals surface area contributed by atoms with Crippen molar-refractivity contribution in [2.45, 2.75) is 52.1 Å². The Kier molecular flexibility index (Phi) is 5.50. The number of benzene rings is 1. The van der Waals surface area contributed by atoms with E-state index in [1.807, 2.05) is 20.8 Å². The minimum atomic E-state index is -0.567. The highest BCUT2D eigenvalue weighted by molar-refractivity contribution is 5.68. The first kappa shape index (κ1) is 17.6. The first-order valence-corrected chi connectivity index (χ1v) is 8.20. The lowest BCUT2D eigenvalue weighted by atomic mass is 9.90. The lowest BCUT2D eigenvalue weighted by molar-refractivity contribution is 0.0181. The SMILES string of the molecule is CC(C)(C)OC(=O)N1CCC(CCc2ccc(O)c(F)c2)CC1. The van der Waals surface area contributed by atoms with Crippen LogP contribution in [0.5, 0.6) is 5.75 Å². The van der Waals surface area contributed by atoms with E-state index in [0.717, 1.165) is 31.2 Å². The number of nitrogens with zero attached hydrogens (tertiary/aromatic N) is 1. The molecule has 0 aliphatic carbocycles. The summed E-state index contributed by atoms with van der Waals surface area (Å²) in [5, 5.41) is 9.20. The van der Waals surface area contributed by atoms with Gasteiger partial charge >= 0.3 is 6.09 Å². The van der Waals surface area contributed by atoms with Crippen LogP contribution in [0.15, 0.2) is 18.2 Å². The van der Waals surface area contributed by atoms with Crippen LogP contribution in [0, 0.1) is 11.7 Å². The second kappa shape index (κ2) is 7.20. The van der Waals surface area contributed by atoms with Gasteiger partial charge in [-0.15, -0.1) is 0 Å². The summed E-state index contributed by atoms with van der Waals surface area (Å²) in [6.07, 6.45) is 3.40. The van der Waals surface area contributed by atoms with Crippen molar-refractivity contribution < 1.29 is 19.0 Å². The van der Waals surface area contributed by atoms with E-state index in [9.17, 15) is 14.3 Å². The van der Waals surface area contributed by atoms with Gasteiger partial charge in [0.05, 0.1) is 0 Å². The fraction of sp³-hybridized carbons (Fsp3) is 0.611. The molecule has 1 amide bonds. The number of phenols is 1. The number of likely N-dealkylation sites (tertiary alicyclic amines) is 1. The molecule has 0 saturated carbocycles. The minimum absolute atomic E-state index is 0.239. The van der Waals surface area contributed by atoms with E-state index < -0.39 is 11.4 Å². The molecule has 0 spiro atoms. The van der Waals surface area contributed by atoms with Crippen molar-refractivity contribution in [1.82, 2.24) is 4.90 Å². The number of carbonyl (C=O) groups is 1. The van der Waals surface area contributed by atoms with E-state index in [1.54, 1.807) is 11.0 Å². The van der Waals surface area contributed by atoms with Gasteiger partial charge in [-0.1, -0.05) is 6.07 Å². The number of ether oxygens (including phenoxy) is 1.